The number of hydrogen-bond acceptors (Lipinski definition) is 2. The van der Waals surface area contributed by atoms with Crippen LogP contribution in [0.3, 0.4) is 0 Å². The third kappa shape index (κ3) is 8.64. The molecule has 0 amide bonds. The van der Waals surface area contributed by atoms with Crippen LogP contribution in [0.25, 0.3) is 0 Å². The van der Waals surface area contributed by atoms with Crippen molar-refractivity contribution in [3.63, 3.8) is 0 Å². The predicted octanol–water partition coefficient (Wildman–Crippen LogP) is 2.68. The highest BCUT2D eigenvalue weighted by molar-refractivity contribution is 4.71. The van der Waals surface area contributed by atoms with Crippen LogP contribution in [0.15, 0.2) is 12.7 Å². The second kappa shape index (κ2) is 8.93. The Balaban J connectivity index is 3.61. The van der Waals surface area contributed by atoms with Crippen LogP contribution in [0.4, 0.5) is 0 Å². The Bertz CT molecular complexity index is 159. The summed E-state index contributed by atoms with van der Waals surface area (Å²) in [6, 6.07) is 0. The lowest BCUT2D eigenvalue weighted by Crippen LogP contribution is -2.27. The molecule has 2 heteroatoms. The highest BCUT2D eigenvalue weighted by Gasteiger charge is 2.11. The summed E-state index contributed by atoms with van der Waals surface area (Å²) >= 11 is 0. The summed E-state index contributed by atoms with van der Waals surface area (Å²) in [6.07, 6.45) is 5.58. The SMILES string of the molecule is C=CCCC(O)CC(C)CN(C)CCC. The molecule has 0 radical (unpaired) electrons. The van der Waals surface area contributed by atoms with Gasteiger partial charge >= 0.3 is 0 Å². The van der Waals surface area contributed by atoms with Crippen molar-refractivity contribution >= 4 is 0 Å². The molecule has 0 aromatic rings. The highest BCUT2D eigenvalue weighted by Crippen LogP contribution is 2.11. The Morgan fingerprint density at radius 3 is 2.67 bits per heavy atom. The van der Waals surface area contributed by atoms with Crippen molar-refractivity contribution in [1.82, 2.24) is 4.90 Å². The smallest absolute Gasteiger partial charge is 0.0546 e. The monoisotopic (exact) mass is 213 g/mol. The molecular formula is C13H27NO. The molecule has 0 saturated carbocycles. The number of nitrogens with zero attached hydrogens (tertiary/aromatic N) is 1. The largest absolute Gasteiger partial charge is 0.393 e. The van der Waals surface area contributed by atoms with Crippen molar-refractivity contribution < 1.29 is 5.11 Å². The zero-order valence-corrected chi connectivity index (χ0v) is 10.6. The number of hydrogen-bond donors (Lipinski definition) is 1. The molecule has 0 heterocycles. The van der Waals surface area contributed by atoms with Gasteiger partial charge in [-0.25, -0.2) is 0 Å². The van der Waals surface area contributed by atoms with Crippen molar-refractivity contribution in [2.24, 2.45) is 5.92 Å². The number of aliphatic hydroxyl groups excluding tert-OH is 1. The second-order valence-electron chi connectivity index (χ2n) is 4.62. The number of allylic oxidation sites excluding steroid dienone is 1. The van der Waals surface area contributed by atoms with Crippen LogP contribution in [0, 0.1) is 5.92 Å². The molecule has 0 spiro atoms. The van der Waals surface area contributed by atoms with Crippen LogP contribution >= 0.6 is 0 Å². The molecule has 0 aliphatic rings. The molecule has 0 aromatic carbocycles. The molecule has 0 aliphatic carbocycles. The summed E-state index contributed by atoms with van der Waals surface area (Å²) in [5, 5.41) is 9.73. The minimum absolute atomic E-state index is 0.159. The quantitative estimate of drug-likeness (QED) is 0.595. The van der Waals surface area contributed by atoms with Crippen molar-refractivity contribution in [1.29, 1.82) is 0 Å². The first-order chi connectivity index (χ1) is 7.10. The van der Waals surface area contributed by atoms with Gasteiger partial charge in [-0.3, -0.25) is 0 Å². The first kappa shape index (κ1) is 14.7. The molecule has 0 fully saturated rings. The molecule has 1 N–H and O–H groups in total. The average molecular weight is 213 g/mol. The van der Waals surface area contributed by atoms with Gasteiger partial charge in [0.2, 0.25) is 0 Å². The lowest BCUT2D eigenvalue weighted by atomic mass is 10.00. The van der Waals surface area contributed by atoms with E-state index in [0.717, 1.165) is 32.4 Å². The van der Waals surface area contributed by atoms with E-state index in [1.54, 1.807) is 0 Å². The van der Waals surface area contributed by atoms with E-state index in [0.29, 0.717) is 5.92 Å². The van der Waals surface area contributed by atoms with Crippen LogP contribution in [-0.4, -0.2) is 36.2 Å². The lowest BCUT2D eigenvalue weighted by Gasteiger charge is -2.22. The molecular weight excluding hydrogens is 186 g/mol. The van der Waals surface area contributed by atoms with Gasteiger partial charge in [0.05, 0.1) is 6.10 Å². The summed E-state index contributed by atoms with van der Waals surface area (Å²) in [4.78, 5) is 2.34. The van der Waals surface area contributed by atoms with Gasteiger partial charge in [-0.05, 0) is 45.2 Å². The molecule has 0 aliphatic heterocycles. The van der Waals surface area contributed by atoms with E-state index in [1.165, 1.54) is 6.42 Å². The Morgan fingerprint density at radius 1 is 1.47 bits per heavy atom. The third-order valence-electron chi connectivity index (χ3n) is 2.61. The molecule has 0 aromatic heterocycles. The van der Waals surface area contributed by atoms with Crippen LogP contribution in [0.5, 0.6) is 0 Å². The maximum Gasteiger partial charge on any atom is 0.0546 e. The van der Waals surface area contributed by atoms with Crippen molar-refractivity contribution in [2.75, 3.05) is 20.1 Å². The summed E-state index contributed by atoms with van der Waals surface area (Å²) in [7, 11) is 2.15. The van der Waals surface area contributed by atoms with Crippen LogP contribution < -0.4 is 0 Å². The van der Waals surface area contributed by atoms with E-state index in [-0.39, 0.29) is 6.10 Å². The standard InChI is InChI=1S/C13H27NO/c1-5-7-8-13(15)10-12(3)11-14(4)9-6-2/h5,12-13,15H,1,6-11H2,2-4H3. The van der Waals surface area contributed by atoms with Crippen molar-refractivity contribution in [3.05, 3.63) is 12.7 Å². The van der Waals surface area contributed by atoms with E-state index < -0.39 is 0 Å². The van der Waals surface area contributed by atoms with Gasteiger partial charge in [0.1, 0.15) is 0 Å². The highest BCUT2D eigenvalue weighted by atomic mass is 16.3. The lowest BCUT2D eigenvalue weighted by molar-refractivity contribution is 0.126. The summed E-state index contributed by atoms with van der Waals surface area (Å²) in [5.74, 6) is 0.571. The Kier molecular flexibility index (Phi) is 8.73. The van der Waals surface area contributed by atoms with Gasteiger partial charge in [-0.15, -0.1) is 6.58 Å². The van der Waals surface area contributed by atoms with Crippen LogP contribution in [-0.2, 0) is 0 Å². The Morgan fingerprint density at radius 2 is 2.13 bits per heavy atom. The zero-order chi connectivity index (χ0) is 11.7. The fraction of sp³-hybridized carbons (Fsp3) is 0.846. The topological polar surface area (TPSA) is 23.5 Å². The normalized spacial score (nSPS) is 15.3. The van der Waals surface area contributed by atoms with Gasteiger partial charge in [-0.1, -0.05) is 19.9 Å². The zero-order valence-electron chi connectivity index (χ0n) is 10.6. The molecule has 0 rings (SSSR count). The fourth-order valence-electron chi connectivity index (χ4n) is 1.97. The summed E-state index contributed by atoms with van der Waals surface area (Å²) < 4.78 is 0. The molecule has 2 nitrogen and oxygen atoms in total. The van der Waals surface area contributed by atoms with Gasteiger partial charge in [0.15, 0.2) is 0 Å². The van der Waals surface area contributed by atoms with Crippen molar-refractivity contribution in [2.45, 2.75) is 45.6 Å². The van der Waals surface area contributed by atoms with Gasteiger partial charge in [-0.2, -0.15) is 0 Å². The van der Waals surface area contributed by atoms with E-state index in [4.69, 9.17) is 0 Å². The maximum atomic E-state index is 9.73. The Hall–Kier alpha value is -0.340. The number of aliphatic hydroxyl groups is 1. The summed E-state index contributed by atoms with van der Waals surface area (Å²) in [6.45, 7) is 10.3. The van der Waals surface area contributed by atoms with E-state index in [2.05, 4.69) is 32.4 Å². The average Bonchev–Trinajstić information content (AvgIpc) is 2.14. The van der Waals surface area contributed by atoms with Crippen LogP contribution in [0.1, 0.15) is 39.5 Å². The fourth-order valence-corrected chi connectivity index (χ4v) is 1.97. The van der Waals surface area contributed by atoms with E-state index in [1.807, 2.05) is 6.08 Å². The predicted molar refractivity (Wildman–Crippen MR) is 67.0 cm³/mol. The maximum absolute atomic E-state index is 9.73. The number of rotatable bonds is 9. The third-order valence-corrected chi connectivity index (χ3v) is 2.61. The van der Waals surface area contributed by atoms with Crippen molar-refractivity contribution in [3.8, 4) is 0 Å². The van der Waals surface area contributed by atoms with E-state index in [9.17, 15) is 5.11 Å². The minimum atomic E-state index is -0.159. The molecule has 0 bridgehead atoms. The second-order valence-corrected chi connectivity index (χ2v) is 4.62. The molecule has 0 saturated heterocycles. The molecule has 15 heavy (non-hydrogen) atoms. The minimum Gasteiger partial charge on any atom is -0.393 e. The van der Waals surface area contributed by atoms with Crippen LogP contribution in [0.2, 0.25) is 0 Å². The molecule has 2 unspecified atom stereocenters. The van der Waals surface area contributed by atoms with E-state index >= 15 is 0 Å². The van der Waals surface area contributed by atoms with Gasteiger partial charge in [0, 0.05) is 6.54 Å². The van der Waals surface area contributed by atoms with Gasteiger partial charge in [0.25, 0.3) is 0 Å². The Labute approximate surface area is 95.0 Å². The first-order valence-corrected chi connectivity index (χ1v) is 6.07. The van der Waals surface area contributed by atoms with Gasteiger partial charge < -0.3 is 10.0 Å². The molecule has 90 valence electrons. The molecule has 2 atom stereocenters. The first-order valence-electron chi connectivity index (χ1n) is 6.07. The summed E-state index contributed by atoms with van der Waals surface area (Å²) in [5.41, 5.74) is 0.